The number of amides is 1. The highest BCUT2D eigenvalue weighted by atomic mass is 16.5. The SMILES string of the molecule is COc1cccc(Nc2ncc(C(=O)NCCC3=CCCCC3)cn2)c1. The lowest BCUT2D eigenvalue weighted by Crippen LogP contribution is -2.25. The van der Waals surface area contributed by atoms with Crippen LogP contribution < -0.4 is 15.4 Å². The summed E-state index contributed by atoms with van der Waals surface area (Å²) in [6, 6.07) is 7.49. The second kappa shape index (κ2) is 8.99. The highest BCUT2D eigenvalue weighted by Gasteiger charge is 2.08. The smallest absolute Gasteiger partial charge is 0.254 e. The van der Waals surface area contributed by atoms with Crippen LogP contribution in [0.15, 0.2) is 48.3 Å². The van der Waals surface area contributed by atoms with Gasteiger partial charge in [-0.2, -0.15) is 0 Å². The molecule has 0 unspecified atom stereocenters. The Morgan fingerprint density at radius 1 is 1.23 bits per heavy atom. The van der Waals surface area contributed by atoms with Crippen molar-refractivity contribution in [1.29, 1.82) is 0 Å². The van der Waals surface area contributed by atoms with Gasteiger partial charge in [-0.25, -0.2) is 9.97 Å². The molecule has 26 heavy (non-hydrogen) atoms. The van der Waals surface area contributed by atoms with Crippen LogP contribution >= 0.6 is 0 Å². The summed E-state index contributed by atoms with van der Waals surface area (Å²) in [5, 5.41) is 6.02. The van der Waals surface area contributed by atoms with Gasteiger partial charge in [0.25, 0.3) is 5.91 Å². The Bertz CT molecular complexity index is 772. The Labute approximate surface area is 153 Å². The van der Waals surface area contributed by atoms with Crippen molar-refractivity contribution in [2.45, 2.75) is 32.1 Å². The van der Waals surface area contributed by atoms with Gasteiger partial charge in [-0.3, -0.25) is 4.79 Å². The first-order valence-electron chi connectivity index (χ1n) is 8.94. The lowest BCUT2D eigenvalue weighted by atomic mass is 9.97. The molecule has 1 aromatic heterocycles. The van der Waals surface area contributed by atoms with E-state index < -0.39 is 0 Å². The van der Waals surface area contributed by atoms with Gasteiger partial charge >= 0.3 is 0 Å². The molecular weight excluding hydrogens is 328 g/mol. The van der Waals surface area contributed by atoms with Crippen molar-refractivity contribution in [2.24, 2.45) is 0 Å². The fourth-order valence-corrected chi connectivity index (χ4v) is 2.91. The largest absolute Gasteiger partial charge is 0.497 e. The molecule has 2 N–H and O–H groups in total. The number of benzene rings is 1. The van der Waals surface area contributed by atoms with Gasteiger partial charge in [0.15, 0.2) is 0 Å². The highest BCUT2D eigenvalue weighted by Crippen LogP contribution is 2.20. The number of aromatic nitrogens is 2. The fraction of sp³-hybridized carbons (Fsp3) is 0.350. The van der Waals surface area contributed by atoms with Gasteiger partial charge < -0.3 is 15.4 Å². The molecule has 0 fully saturated rings. The van der Waals surface area contributed by atoms with E-state index in [1.165, 1.54) is 37.2 Å². The molecule has 1 heterocycles. The van der Waals surface area contributed by atoms with E-state index in [1.54, 1.807) is 7.11 Å². The lowest BCUT2D eigenvalue weighted by Gasteiger charge is -2.13. The minimum absolute atomic E-state index is 0.144. The number of rotatable bonds is 7. The molecule has 1 aromatic carbocycles. The molecular formula is C20H24N4O2. The molecule has 2 aromatic rings. The molecule has 6 nitrogen and oxygen atoms in total. The van der Waals surface area contributed by atoms with Crippen LogP contribution in [0.25, 0.3) is 0 Å². The van der Waals surface area contributed by atoms with Crippen LogP contribution in [-0.2, 0) is 0 Å². The van der Waals surface area contributed by atoms with E-state index in [0.717, 1.165) is 24.3 Å². The number of carbonyl (C=O) groups is 1. The molecule has 3 rings (SSSR count). The minimum Gasteiger partial charge on any atom is -0.497 e. The number of allylic oxidation sites excluding steroid dienone is 1. The molecule has 1 amide bonds. The summed E-state index contributed by atoms with van der Waals surface area (Å²) in [5.74, 6) is 1.04. The Morgan fingerprint density at radius 3 is 2.81 bits per heavy atom. The molecule has 136 valence electrons. The number of ether oxygens (including phenoxy) is 1. The van der Waals surface area contributed by atoms with Gasteiger partial charge in [0.05, 0.1) is 12.7 Å². The molecule has 1 aliphatic rings. The molecule has 0 atom stereocenters. The maximum absolute atomic E-state index is 12.2. The third-order valence-corrected chi connectivity index (χ3v) is 4.36. The molecule has 0 spiro atoms. The molecule has 0 radical (unpaired) electrons. The molecule has 1 aliphatic carbocycles. The predicted octanol–water partition coefficient (Wildman–Crippen LogP) is 3.85. The Morgan fingerprint density at radius 2 is 2.08 bits per heavy atom. The van der Waals surface area contributed by atoms with E-state index in [9.17, 15) is 4.79 Å². The van der Waals surface area contributed by atoms with Crippen LogP contribution in [0.3, 0.4) is 0 Å². The Balaban J connectivity index is 1.51. The fourth-order valence-electron chi connectivity index (χ4n) is 2.91. The summed E-state index contributed by atoms with van der Waals surface area (Å²) >= 11 is 0. The second-order valence-electron chi connectivity index (χ2n) is 6.27. The average molecular weight is 352 g/mol. The zero-order valence-electron chi connectivity index (χ0n) is 15.0. The quantitative estimate of drug-likeness (QED) is 0.740. The van der Waals surface area contributed by atoms with Crippen molar-refractivity contribution < 1.29 is 9.53 Å². The summed E-state index contributed by atoms with van der Waals surface area (Å²) in [7, 11) is 1.62. The van der Waals surface area contributed by atoms with Crippen LogP contribution in [-0.4, -0.2) is 29.5 Å². The monoisotopic (exact) mass is 352 g/mol. The summed E-state index contributed by atoms with van der Waals surface area (Å²) in [5.41, 5.74) is 2.73. The van der Waals surface area contributed by atoms with E-state index in [0.29, 0.717) is 18.1 Å². The van der Waals surface area contributed by atoms with Crippen molar-refractivity contribution in [3.8, 4) is 5.75 Å². The minimum atomic E-state index is -0.144. The first-order valence-corrected chi connectivity index (χ1v) is 8.94. The number of carbonyl (C=O) groups excluding carboxylic acids is 1. The van der Waals surface area contributed by atoms with Crippen LogP contribution in [0.5, 0.6) is 5.75 Å². The molecule has 6 heteroatoms. The van der Waals surface area contributed by atoms with Gasteiger partial charge in [0.2, 0.25) is 5.95 Å². The zero-order chi connectivity index (χ0) is 18.2. The van der Waals surface area contributed by atoms with Crippen LogP contribution in [0, 0.1) is 0 Å². The standard InChI is InChI=1S/C20H24N4O2/c1-26-18-9-5-8-17(12-18)24-20-22-13-16(14-23-20)19(25)21-11-10-15-6-3-2-4-7-15/h5-6,8-9,12-14H,2-4,7,10-11H2,1H3,(H,21,25)(H,22,23,24). The number of hydrogen-bond donors (Lipinski definition) is 2. The van der Waals surface area contributed by atoms with Gasteiger partial charge in [-0.05, 0) is 44.2 Å². The van der Waals surface area contributed by atoms with E-state index in [-0.39, 0.29) is 5.91 Å². The van der Waals surface area contributed by atoms with E-state index in [4.69, 9.17) is 4.74 Å². The van der Waals surface area contributed by atoms with E-state index in [2.05, 4.69) is 26.7 Å². The maximum Gasteiger partial charge on any atom is 0.254 e. The molecule has 0 aliphatic heterocycles. The highest BCUT2D eigenvalue weighted by molar-refractivity contribution is 5.93. The van der Waals surface area contributed by atoms with Gasteiger partial charge in [-0.1, -0.05) is 17.7 Å². The Kier molecular flexibility index (Phi) is 6.19. The third kappa shape index (κ3) is 5.05. The lowest BCUT2D eigenvalue weighted by molar-refractivity contribution is 0.0953. The molecule has 0 saturated carbocycles. The van der Waals surface area contributed by atoms with Crippen molar-refractivity contribution in [2.75, 3.05) is 19.0 Å². The summed E-state index contributed by atoms with van der Waals surface area (Å²) in [4.78, 5) is 20.6. The first kappa shape index (κ1) is 17.9. The summed E-state index contributed by atoms with van der Waals surface area (Å²) in [6.45, 7) is 0.647. The molecule has 0 saturated heterocycles. The van der Waals surface area contributed by atoms with Crippen molar-refractivity contribution in [3.05, 3.63) is 53.9 Å². The topological polar surface area (TPSA) is 76.1 Å². The predicted molar refractivity (Wildman–Crippen MR) is 102 cm³/mol. The first-order chi connectivity index (χ1) is 12.7. The van der Waals surface area contributed by atoms with Crippen LogP contribution in [0.1, 0.15) is 42.5 Å². The number of nitrogens with one attached hydrogen (secondary N) is 2. The van der Waals surface area contributed by atoms with Crippen molar-refractivity contribution in [1.82, 2.24) is 15.3 Å². The maximum atomic E-state index is 12.2. The third-order valence-electron chi connectivity index (χ3n) is 4.36. The normalized spacial score (nSPS) is 13.7. The zero-order valence-corrected chi connectivity index (χ0v) is 15.0. The average Bonchev–Trinajstić information content (AvgIpc) is 2.69. The van der Waals surface area contributed by atoms with Crippen molar-refractivity contribution >= 4 is 17.5 Å². The summed E-state index contributed by atoms with van der Waals surface area (Å²) < 4.78 is 5.19. The van der Waals surface area contributed by atoms with Crippen LogP contribution in [0.2, 0.25) is 0 Å². The number of methoxy groups -OCH3 is 1. The van der Waals surface area contributed by atoms with Gasteiger partial charge in [0.1, 0.15) is 5.75 Å². The van der Waals surface area contributed by atoms with Gasteiger partial charge in [-0.15, -0.1) is 0 Å². The van der Waals surface area contributed by atoms with Gasteiger partial charge in [0, 0.05) is 30.7 Å². The van der Waals surface area contributed by atoms with Crippen molar-refractivity contribution in [3.63, 3.8) is 0 Å². The van der Waals surface area contributed by atoms with Crippen LogP contribution in [0.4, 0.5) is 11.6 Å². The number of hydrogen-bond acceptors (Lipinski definition) is 5. The number of anilines is 2. The number of nitrogens with zero attached hydrogens (tertiary/aromatic N) is 2. The van der Waals surface area contributed by atoms with E-state index >= 15 is 0 Å². The second-order valence-corrected chi connectivity index (χ2v) is 6.27. The summed E-state index contributed by atoms with van der Waals surface area (Å²) in [6.07, 6.45) is 11.1. The van der Waals surface area contributed by atoms with E-state index in [1.807, 2.05) is 24.3 Å². The molecule has 0 bridgehead atoms. The Hall–Kier alpha value is -2.89.